The molecule has 6 nitrogen and oxygen atoms in total. The predicted octanol–water partition coefficient (Wildman–Crippen LogP) is 3.18. The van der Waals surface area contributed by atoms with Gasteiger partial charge >= 0.3 is 5.97 Å². The van der Waals surface area contributed by atoms with Gasteiger partial charge in [0, 0.05) is 29.4 Å². The van der Waals surface area contributed by atoms with Crippen molar-refractivity contribution in [2.45, 2.75) is 13.3 Å². The molecule has 2 amide bonds. The first-order valence-corrected chi connectivity index (χ1v) is 8.89. The number of carbonyl (C=O) groups excluding carboxylic acids is 3. The first-order valence-electron chi connectivity index (χ1n) is 8.51. The van der Waals surface area contributed by atoms with E-state index in [4.69, 9.17) is 16.3 Å². The maximum Gasteiger partial charge on any atom is 0.311 e. The van der Waals surface area contributed by atoms with E-state index >= 15 is 0 Å². The first kappa shape index (κ1) is 18.9. The van der Waals surface area contributed by atoms with Crippen LogP contribution in [0, 0.1) is 12.8 Å². The third-order valence-electron chi connectivity index (χ3n) is 4.25. The first-order chi connectivity index (χ1) is 12.9. The van der Waals surface area contributed by atoms with Crippen molar-refractivity contribution in [2.24, 2.45) is 5.92 Å². The summed E-state index contributed by atoms with van der Waals surface area (Å²) < 4.78 is 5.08. The van der Waals surface area contributed by atoms with Gasteiger partial charge in [0.15, 0.2) is 6.61 Å². The van der Waals surface area contributed by atoms with Crippen LogP contribution in [0.1, 0.15) is 12.0 Å². The lowest BCUT2D eigenvalue weighted by molar-refractivity contribution is -0.151. The summed E-state index contributed by atoms with van der Waals surface area (Å²) in [6.07, 6.45) is 0.0750. The zero-order chi connectivity index (χ0) is 19.4. The third-order valence-corrected chi connectivity index (χ3v) is 4.50. The number of amides is 2. The summed E-state index contributed by atoms with van der Waals surface area (Å²) in [5, 5.41) is 3.17. The van der Waals surface area contributed by atoms with Gasteiger partial charge in [-0.1, -0.05) is 23.7 Å². The smallest absolute Gasteiger partial charge is 0.311 e. The lowest BCUT2D eigenvalue weighted by Gasteiger charge is -2.17. The zero-order valence-electron chi connectivity index (χ0n) is 14.8. The third kappa shape index (κ3) is 4.86. The van der Waals surface area contributed by atoms with E-state index in [2.05, 4.69) is 5.32 Å². The molecule has 0 bridgehead atoms. The van der Waals surface area contributed by atoms with Crippen LogP contribution in [0.15, 0.2) is 48.5 Å². The number of hydrogen-bond acceptors (Lipinski definition) is 4. The summed E-state index contributed by atoms with van der Waals surface area (Å²) in [5.74, 6) is -1.72. The molecule has 0 aliphatic carbocycles. The highest BCUT2D eigenvalue weighted by molar-refractivity contribution is 6.30. The summed E-state index contributed by atoms with van der Waals surface area (Å²) in [7, 11) is 0. The summed E-state index contributed by atoms with van der Waals surface area (Å²) in [4.78, 5) is 38.0. The molecule has 1 aliphatic rings. The molecular formula is C20H19ClN2O4. The van der Waals surface area contributed by atoms with Crippen LogP contribution in [0.5, 0.6) is 0 Å². The van der Waals surface area contributed by atoms with E-state index in [0.29, 0.717) is 10.7 Å². The fourth-order valence-corrected chi connectivity index (χ4v) is 3.02. The van der Waals surface area contributed by atoms with Crippen LogP contribution in [0.25, 0.3) is 0 Å². The largest absolute Gasteiger partial charge is 0.455 e. The number of esters is 1. The number of carbonyl (C=O) groups is 3. The van der Waals surface area contributed by atoms with Crippen LogP contribution < -0.4 is 10.2 Å². The Morgan fingerprint density at radius 1 is 1.22 bits per heavy atom. The van der Waals surface area contributed by atoms with Crippen molar-refractivity contribution in [3.8, 4) is 0 Å². The molecule has 1 heterocycles. The highest BCUT2D eigenvalue weighted by Crippen LogP contribution is 2.26. The maximum absolute atomic E-state index is 12.2. The minimum atomic E-state index is -0.582. The average molecular weight is 387 g/mol. The summed E-state index contributed by atoms with van der Waals surface area (Å²) in [6, 6.07) is 14.1. The van der Waals surface area contributed by atoms with Crippen LogP contribution in [0.3, 0.4) is 0 Å². The van der Waals surface area contributed by atoms with E-state index in [1.54, 1.807) is 29.2 Å². The standard InChI is InChI=1S/C20H19ClN2O4/c1-13-3-2-4-17(9-13)23-11-14(10-19(23)25)20(26)27-12-18(24)22-16-7-5-15(21)6-8-16/h2-9,14H,10-12H2,1H3,(H,22,24)/t14-/m1/s1. The van der Waals surface area contributed by atoms with Gasteiger partial charge in [-0.25, -0.2) is 0 Å². The number of nitrogens with zero attached hydrogens (tertiary/aromatic N) is 1. The molecule has 0 saturated carbocycles. The molecule has 2 aromatic rings. The summed E-state index contributed by atoms with van der Waals surface area (Å²) in [6.45, 7) is 1.78. The topological polar surface area (TPSA) is 75.7 Å². The number of halogens is 1. The second kappa shape index (κ2) is 8.22. The van der Waals surface area contributed by atoms with Gasteiger partial charge in [0.2, 0.25) is 5.91 Å². The minimum absolute atomic E-state index is 0.0750. The van der Waals surface area contributed by atoms with Gasteiger partial charge in [-0.15, -0.1) is 0 Å². The molecule has 1 atom stereocenters. The average Bonchev–Trinajstić information content (AvgIpc) is 3.03. The number of rotatable bonds is 5. The second-order valence-electron chi connectivity index (χ2n) is 6.41. The highest BCUT2D eigenvalue weighted by atomic mass is 35.5. The second-order valence-corrected chi connectivity index (χ2v) is 6.84. The predicted molar refractivity (Wildman–Crippen MR) is 103 cm³/mol. The summed E-state index contributed by atoms with van der Waals surface area (Å²) >= 11 is 5.79. The molecule has 1 saturated heterocycles. The Morgan fingerprint density at radius 3 is 2.67 bits per heavy atom. The fraction of sp³-hybridized carbons (Fsp3) is 0.250. The van der Waals surface area contributed by atoms with Gasteiger partial charge < -0.3 is 15.0 Å². The normalized spacial score (nSPS) is 16.3. The number of ether oxygens (including phenoxy) is 1. The Labute approximate surface area is 162 Å². The van der Waals surface area contributed by atoms with Crippen molar-refractivity contribution in [3.05, 3.63) is 59.1 Å². The van der Waals surface area contributed by atoms with Crippen molar-refractivity contribution >= 4 is 40.8 Å². The van der Waals surface area contributed by atoms with Crippen LogP contribution in [0.4, 0.5) is 11.4 Å². The van der Waals surface area contributed by atoms with E-state index in [1.807, 2.05) is 31.2 Å². The van der Waals surface area contributed by atoms with E-state index in [0.717, 1.165) is 11.3 Å². The van der Waals surface area contributed by atoms with Gasteiger partial charge in [0.1, 0.15) is 0 Å². The molecule has 0 spiro atoms. The molecule has 3 rings (SSSR count). The highest BCUT2D eigenvalue weighted by Gasteiger charge is 2.36. The van der Waals surface area contributed by atoms with E-state index < -0.39 is 24.4 Å². The maximum atomic E-state index is 12.2. The molecule has 0 radical (unpaired) electrons. The van der Waals surface area contributed by atoms with Crippen molar-refractivity contribution in [1.29, 1.82) is 0 Å². The van der Waals surface area contributed by atoms with Crippen molar-refractivity contribution in [3.63, 3.8) is 0 Å². The molecule has 7 heteroatoms. The van der Waals surface area contributed by atoms with Crippen LogP contribution in [-0.4, -0.2) is 30.9 Å². The Balaban J connectivity index is 1.52. The quantitative estimate of drug-likeness (QED) is 0.801. The number of anilines is 2. The lowest BCUT2D eigenvalue weighted by atomic mass is 10.1. The molecule has 1 N–H and O–H groups in total. The zero-order valence-corrected chi connectivity index (χ0v) is 15.5. The Kier molecular flexibility index (Phi) is 5.76. The van der Waals surface area contributed by atoms with Crippen LogP contribution in [0.2, 0.25) is 5.02 Å². The van der Waals surface area contributed by atoms with Gasteiger partial charge in [-0.2, -0.15) is 0 Å². The molecule has 1 fully saturated rings. The van der Waals surface area contributed by atoms with Gasteiger partial charge in [0.25, 0.3) is 5.91 Å². The van der Waals surface area contributed by atoms with Crippen LogP contribution >= 0.6 is 11.6 Å². The van der Waals surface area contributed by atoms with Crippen molar-refractivity contribution in [1.82, 2.24) is 0 Å². The lowest BCUT2D eigenvalue weighted by Crippen LogP contribution is -2.28. The monoisotopic (exact) mass is 386 g/mol. The molecule has 0 unspecified atom stereocenters. The molecule has 0 aromatic heterocycles. The van der Waals surface area contributed by atoms with Gasteiger partial charge in [-0.3, -0.25) is 14.4 Å². The molecular weight excluding hydrogens is 368 g/mol. The molecule has 27 heavy (non-hydrogen) atoms. The van der Waals surface area contributed by atoms with Crippen LogP contribution in [-0.2, 0) is 19.1 Å². The number of aryl methyl sites for hydroxylation is 1. The SMILES string of the molecule is Cc1cccc(N2C[C@H](C(=O)OCC(=O)Nc3ccc(Cl)cc3)CC2=O)c1. The molecule has 140 valence electrons. The Hall–Kier alpha value is -2.86. The minimum Gasteiger partial charge on any atom is -0.455 e. The number of nitrogens with one attached hydrogen (secondary N) is 1. The number of hydrogen-bond donors (Lipinski definition) is 1. The van der Waals surface area contributed by atoms with E-state index in [9.17, 15) is 14.4 Å². The van der Waals surface area contributed by atoms with Crippen molar-refractivity contribution in [2.75, 3.05) is 23.4 Å². The number of benzene rings is 2. The summed E-state index contributed by atoms with van der Waals surface area (Å²) in [5.41, 5.74) is 2.35. The molecule has 2 aromatic carbocycles. The van der Waals surface area contributed by atoms with Gasteiger partial charge in [0.05, 0.1) is 5.92 Å². The Bertz CT molecular complexity index is 867. The Morgan fingerprint density at radius 2 is 1.96 bits per heavy atom. The van der Waals surface area contributed by atoms with E-state index in [-0.39, 0.29) is 18.9 Å². The van der Waals surface area contributed by atoms with E-state index in [1.165, 1.54) is 0 Å². The van der Waals surface area contributed by atoms with Crippen molar-refractivity contribution < 1.29 is 19.1 Å². The van der Waals surface area contributed by atoms with Gasteiger partial charge in [-0.05, 0) is 48.9 Å². The fourth-order valence-electron chi connectivity index (χ4n) is 2.90. The molecule has 1 aliphatic heterocycles.